The summed E-state index contributed by atoms with van der Waals surface area (Å²) in [6, 6.07) is 0. The van der Waals surface area contributed by atoms with Crippen LogP contribution in [0.25, 0.3) is 0 Å². The maximum Gasteiger partial charge on any atom is 0.188 e. The van der Waals surface area contributed by atoms with Gasteiger partial charge in [-0.05, 0) is 6.42 Å². The molecule has 0 aliphatic carbocycles. The molecule has 0 aromatic rings. The van der Waals surface area contributed by atoms with Crippen LogP contribution in [0.3, 0.4) is 0 Å². The average molecular weight is 246 g/mol. The summed E-state index contributed by atoms with van der Waals surface area (Å²) in [5.41, 5.74) is 0. The molecule has 0 spiro atoms. The molecule has 102 valence electrons. The lowest BCUT2D eigenvalue weighted by molar-refractivity contribution is -0.0447. The first-order valence-corrected chi connectivity index (χ1v) is 6.26. The lowest BCUT2D eigenvalue weighted by atomic mass is 10.1. The molecule has 1 N–H and O–H groups in total. The molecule has 1 atom stereocenters. The standard InChI is InChI=1S/C13H26O4/c1-4-5-6-7-13(14)10-12(2)17-11-16-9-8-15-3/h13-14H,2,4-11H2,1,3H3. The fourth-order valence-electron chi connectivity index (χ4n) is 1.38. The van der Waals surface area contributed by atoms with Gasteiger partial charge in [0.2, 0.25) is 0 Å². The molecule has 0 amide bonds. The molecule has 0 saturated carbocycles. The van der Waals surface area contributed by atoms with E-state index in [4.69, 9.17) is 14.2 Å². The van der Waals surface area contributed by atoms with Crippen LogP contribution >= 0.6 is 0 Å². The molecule has 0 aliphatic heterocycles. The summed E-state index contributed by atoms with van der Waals surface area (Å²) >= 11 is 0. The van der Waals surface area contributed by atoms with Crippen molar-refractivity contribution in [2.45, 2.75) is 45.1 Å². The highest BCUT2D eigenvalue weighted by Gasteiger charge is 2.06. The Morgan fingerprint density at radius 1 is 1.29 bits per heavy atom. The van der Waals surface area contributed by atoms with Crippen LogP contribution in [0.4, 0.5) is 0 Å². The zero-order valence-electron chi connectivity index (χ0n) is 11.1. The van der Waals surface area contributed by atoms with Gasteiger partial charge in [-0.3, -0.25) is 0 Å². The Morgan fingerprint density at radius 2 is 2.06 bits per heavy atom. The summed E-state index contributed by atoms with van der Waals surface area (Å²) < 4.78 is 15.2. The number of rotatable bonds is 12. The van der Waals surface area contributed by atoms with Crippen molar-refractivity contribution in [3.63, 3.8) is 0 Å². The normalized spacial score (nSPS) is 12.4. The third-order valence-corrected chi connectivity index (χ3v) is 2.38. The number of methoxy groups -OCH3 is 1. The third-order valence-electron chi connectivity index (χ3n) is 2.38. The molecule has 1 unspecified atom stereocenters. The summed E-state index contributed by atoms with van der Waals surface area (Å²) in [4.78, 5) is 0. The molecule has 0 heterocycles. The van der Waals surface area contributed by atoms with Crippen molar-refractivity contribution in [2.24, 2.45) is 0 Å². The second-order valence-corrected chi connectivity index (χ2v) is 4.06. The molecule has 0 aromatic heterocycles. The van der Waals surface area contributed by atoms with E-state index in [-0.39, 0.29) is 12.9 Å². The van der Waals surface area contributed by atoms with Crippen LogP contribution in [0, 0.1) is 0 Å². The van der Waals surface area contributed by atoms with Crippen LogP contribution in [0.2, 0.25) is 0 Å². The number of aliphatic hydroxyl groups excluding tert-OH is 1. The van der Waals surface area contributed by atoms with Gasteiger partial charge in [-0.15, -0.1) is 0 Å². The van der Waals surface area contributed by atoms with Gasteiger partial charge < -0.3 is 19.3 Å². The maximum atomic E-state index is 9.69. The lowest BCUT2D eigenvalue weighted by Crippen LogP contribution is -2.11. The van der Waals surface area contributed by atoms with E-state index >= 15 is 0 Å². The van der Waals surface area contributed by atoms with Crippen molar-refractivity contribution in [3.05, 3.63) is 12.3 Å². The minimum atomic E-state index is -0.354. The highest BCUT2D eigenvalue weighted by Crippen LogP contribution is 2.11. The summed E-state index contributed by atoms with van der Waals surface area (Å²) in [6.07, 6.45) is 4.31. The van der Waals surface area contributed by atoms with Gasteiger partial charge in [-0.25, -0.2) is 0 Å². The van der Waals surface area contributed by atoms with Gasteiger partial charge in [0.1, 0.15) is 0 Å². The molecule has 0 fully saturated rings. The highest BCUT2D eigenvalue weighted by molar-refractivity contribution is 4.85. The number of aliphatic hydroxyl groups is 1. The summed E-state index contributed by atoms with van der Waals surface area (Å²) in [6.45, 7) is 7.12. The lowest BCUT2D eigenvalue weighted by Gasteiger charge is -2.13. The Labute approximate surface area is 105 Å². The van der Waals surface area contributed by atoms with Crippen molar-refractivity contribution in [1.82, 2.24) is 0 Å². The molecular formula is C13H26O4. The molecule has 0 aromatic carbocycles. The molecule has 0 radical (unpaired) electrons. The number of hydrogen-bond donors (Lipinski definition) is 1. The average Bonchev–Trinajstić information content (AvgIpc) is 2.29. The minimum Gasteiger partial charge on any atom is -0.472 e. The molecule has 4 heteroatoms. The molecule has 0 bridgehead atoms. The first-order valence-electron chi connectivity index (χ1n) is 6.26. The van der Waals surface area contributed by atoms with E-state index in [1.807, 2.05) is 0 Å². The molecule has 17 heavy (non-hydrogen) atoms. The minimum absolute atomic E-state index is 0.171. The predicted molar refractivity (Wildman–Crippen MR) is 67.7 cm³/mol. The summed E-state index contributed by atoms with van der Waals surface area (Å²) in [5.74, 6) is 0.575. The summed E-state index contributed by atoms with van der Waals surface area (Å²) in [5, 5.41) is 9.69. The molecule has 0 rings (SSSR count). The van der Waals surface area contributed by atoms with E-state index in [1.165, 1.54) is 0 Å². The van der Waals surface area contributed by atoms with Crippen molar-refractivity contribution >= 4 is 0 Å². The maximum absolute atomic E-state index is 9.69. The largest absolute Gasteiger partial charge is 0.472 e. The Kier molecular flexibility index (Phi) is 11.5. The Hall–Kier alpha value is -0.580. The quantitative estimate of drug-likeness (QED) is 0.326. The first kappa shape index (κ1) is 16.4. The Morgan fingerprint density at radius 3 is 2.71 bits per heavy atom. The molecule has 0 aliphatic rings. The van der Waals surface area contributed by atoms with E-state index < -0.39 is 0 Å². The van der Waals surface area contributed by atoms with E-state index in [2.05, 4.69) is 13.5 Å². The van der Waals surface area contributed by atoms with E-state index in [0.717, 1.165) is 25.7 Å². The van der Waals surface area contributed by atoms with Crippen molar-refractivity contribution < 1.29 is 19.3 Å². The second-order valence-electron chi connectivity index (χ2n) is 4.06. The van der Waals surface area contributed by atoms with Gasteiger partial charge in [0, 0.05) is 13.5 Å². The van der Waals surface area contributed by atoms with Crippen LogP contribution in [0.5, 0.6) is 0 Å². The second kappa shape index (κ2) is 11.9. The highest BCUT2D eigenvalue weighted by atomic mass is 16.7. The molecule has 4 nitrogen and oxygen atoms in total. The monoisotopic (exact) mass is 246 g/mol. The van der Waals surface area contributed by atoms with Gasteiger partial charge in [0.15, 0.2) is 6.79 Å². The SMILES string of the molecule is C=C(CC(O)CCCCC)OCOCCOC. The van der Waals surface area contributed by atoms with Gasteiger partial charge in [-0.1, -0.05) is 32.8 Å². The summed E-state index contributed by atoms with van der Waals surface area (Å²) in [7, 11) is 1.62. The fraction of sp³-hybridized carbons (Fsp3) is 0.846. The van der Waals surface area contributed by atoms with E-state index in [9.17, 15) is 5.11 Å². The molecule has 0 saturated heterocycles. The Bertz CT molecular complexity index is 182. The zero-order valence-corrected chi connectivity index (χ0v) is 11.1. The van der Waals surface area contributed by atoms with Crippen LogP contribution in [-0.2, 0) is 14.2 Å². The van der Waals surface area contributed by atoms with Crippen molar-refractivity contribution in [3.8, 4) is 0 Å². The van der Waals surface area contributed by atoms with Crippen LogP contribution in [0.1, 0.15) is 39.0 Å². The number of unbranched alkanes of at least 4 members (excludes halogenated alkanes) is 2. The van der Waals surface area contributed by atoms with Gasteiger partial charge in [0.05, 0.1) is 25.1 Å². The van der Waals surface area contributed by atoms with Gasteiger partial charge >= 0.3 is 0 Å². The number of hydrogen-bond acceptors (Lipinski definition) is 4. The van der Waals surface area contributed by atoms with Crippen molar-refractivity contribution in [1.29, 1.82) is 0 Å². The Balaban J connectivity index is 3.37. The van der Waals surface area contributed by atoms with Crippen LogP contribution in [0.15, 0.2) is 12.3 Å². The van der Waals surface area contributed by atoms with Crippen LogP contribution in [-0.4, -0.2) is 38.3 Å². The number of ether oxygens (including phenoxy) is 3. The third kappa shape index (κ3) is 11.7. The fourth-order valence-corrected chi connectivity index (χ4v) is 1.38. The van der Waals surface area contributed by atoms with Gasteiger partial charge in [-0.2, -0.15) is 0 Å². The topological polar surface area (TPSA) is 47.9 Å². The first-order chi connectivity index (χ1) is 8.20. The smallest absolute Gasteiger partial charge is 0.188 e. The van der Waals surface area contributed by atoms with E-state index in [1.54, 1.807) is 7.11 Å². The van der Waals surface area contributed by atoms with Crippen LogP contribution < -0.4 is 0 Å². The zero-order chi connectivity index (χ0) is 12.9. The predicted octanol–water partition coefficient (Wildman–Crippen LogP) is 2.47. The molecular weight excluding hydrogens is 220 g/mol. The van der Waals surface area contributed by atoms with Crippen molar-refractivity contribution in [2.75, 3.05) is 27.1 Å². The van der Waals surface area contributed by atoms with Gasteiger partial charge in [0.25, 0.3) is 0 Å². The van der Waals surface area contributed by atoms with E-state index in [0.29, 0.717) is 25.4 Å².